The molecule has 0 amide bonds. The van der Waals surface area contributed by atoms with E-state index in [1.165, 1.54) is 44.3 Å². The lowest BCUT2D eigenvalue weighted by Gasteiger charge is -2.18. The van der Waals surface area contributed by atoms with Gasteiger partial charge in [0.1, 0.15) is 0 Å². The van der Waals surface area contributed by atoms with Crippen molar-refractivity contribution in [3.05, 3.63) is 119 Å². The predicted molar refractivity (Wildman–Crippen MR) is 134 cm³/mol. The molecule has 3 aromatic carbocycles. The van der Waals surface area contributed by atoms with Crippen molar-refractivity contribution in [1.82, 2.24) is 4.98 Å². The highest BCUT2D eigenvalue weighted by molar-refractivity contribution is 5.99. The molecule has 1 heteroatoms. The molecule has 0 saturated heterocycles. The molecule has 4 rings (SSSR count). The quantitative estimate of drug-likeness (QED) is 0.306. The third-order valence-electron chi connectivity index (χ3n) is 5.85. The molecule has 0 saturated carbocycles. The molecule has 1 heterocycles. The third-order valence-corrected chi connectivity index (χ3v) is 5.85. The summed E-state index contributed by atoms with van der Waals surface area (Å²) in [4.78, 5) is 5.03. The molecule has 31 heavy (non-hydrogen) atoms. The van der Waals surface area contributed by atoms with Gasteiger partial charge in [0.15, 0.2) is 0 Å². The Morgan fingerprint density at radius 3 is 2.23 bits per heavy atom. The van der Waals surface area contributed by atoms with Gasteiger partial charge >= 0.3 is 0 Å². The molecule has 1 aromatic heterocycles. The number of rotatable bonds is 5. The van der Waals surface area contributed by atoms with Crippen LogP contribution in [0.1, 0.15) is 43.2 Å². The van der Waals surface area contributed by atoms with Crippen LogP contribution >= 0.6 is 0 Å². The van der Waals surface area contributed by atoms with Gasteiger partial charge in [-0.15, -0.1) is 0 Å². The van der Waals surface area contributed by atoms with Crippen LogP contribution in [-0.4, -0.2) is 4.98 Å². The number of allylic oxidation sites excluding steroid dienone is 3. The number of benzene rings is 3. The first-order valence-electron chi connectivity index (χ1n) is 11.0. The van der Waals surface area contributed by atoms with Crippen molar-refractivity contribution in [3.8, 4) is 11.1 Å². The first-order valence-corrected chi connectivity index (χ1v) is 11.0. The Balaban J connectivity index is 2.02. The number of hydrogen-bond acceptors (Lipinski definition) is 1. The molecule has 0 radical (unpaired) electrons. The Bertz CT molecular complexity index is 1260. The molecule has 154 valence electrons. The zero-order valence-corrected chi connectivity index (χ0v) is 18.8. The van der Waals surface area contributed by atoms with Crippen molar-refractivity contribution < 1.29 is 0 Å². The zero-order chi connectivity index (χ0) is 21.8. The summed E-state index contributed by atoms with van der Waals surface area (Å²) in [5.41, 5.74) is 10.9. The average molecular weight is 404 g/mol. The van der Waals surface area contributed by atoms with E-state index in [4.69, 9.17) is 4.98 Å². The number of aromatic nitrogens is 1. The Morgan fingerprint density at radius 2 is 1.58 bits per heavy atom. The molecule has 0 fully saturated rings. The largest absolute Gasteiger partial charge is 0.253 e. The van der Waals surface area contributed by atoms with Gasteiger partial charge in [0.25, 0.3) is 0 Å². The standard InChI is InChI=1S/C30H29N/c1-5-21(3)19-28(23-13-9-7-10-14-23)26-17-18-27-29(24-15-11-8-12-16-24)20-22(4)31-30(27)25(26)6-2/h5,7-20H,6H2,1-4H3/b21-5+,28-19-. The second kappa shape index (κ2) is 9.14. The first kappa shape index (κ1) is 20.8. The maximum atomic E-state index is 5.03. The Kier molecular flexibility index (Phi) is 6.13. The molecular formula is C30H29N. The minimum atomic E-state index is 0.927. The van der Waals surface area contributed by atoms with Crippen LogP contribution < -0.4 is 0 Å². The highest BCUT2D eigenvalue weighted by Crippen LogP contribution is 2.36. The second-order valence-electron chi connectivity index (χ2n) is 7.98. The van der Waals surface area contributed by atoms with Crippen molar-refractivity contribution in [3.63, 3.8) is 0 Å². The summed E-state index contributed by atoms with van der Waals surface area (Å²) in [5.74, 6) is 0. The fraction of sp³-hybridized carbons (Fsp3) is 0.167. The summed E-state index contributed by atoms with van der Waals surface area (Å²) in [6, 6.07) is 28.0. The number of pyridine rings is 1. The van der Waals surface area contributed by atoms with E-state index in [0.29, 0.717) is 0 Å². The molecule has 0 bridgehead atoms. The lowest BCUT2D eigenvalue weighted by molar-refractivity contribution is 1.12. The van der Waals surface area contributed by atoms with Crippen molar-refractivity contribution in [2.24, 2.45) is 0 Å². The van der Waals surface area contributed by atoms with Crippen molar-refractivity contribution >= 4 is 16.5 Å². The van der Waals surface area contributed by atoms with E-state index in [9.17, 15) is 0 Å². The number of hydrogen-bond donors (Lipinski definition) is 0. The molecular weight excluding hydrogens is 374 g/mol. The molecule has 0 atom stereocenters. The summed E-state index contributed by atoms with van der Waals surface area (Å²) >= 11 is 0. The van der Waals surface area contributed by atoms with Gasteiger partial charge in [-0.2, -0.15) is 0 Å². The Morgan fingerprint density at radius 1 is 0.903 bits per heavy atom. The van der Waals surface area contributed by atoms with Gasteiger partial charge in [-0.25, -0.2) is 0 Å². The molecule has 0 N–H and O–H groups in total. The van der Waals surface area contributed by atoms with Crippen LogP contribution in [0, 0.1) is 6.92 Å². The van der Waals surface area contributed by atoms with Gasteiger partial charge in [-0.3, -0.25) is 4.98 Å². The summed E-state index contributed by atoms with van der Waals surface area (Å²) in [6.07, 6.45) is 5.38. The van der Waals surface area contributed by atoms with Gasteiger partial charge in [0.2, 0.25) is 0 Å². The van der Waals surface area contributed by atoms with E-state index in [1.54, 1.807) is 0 Å². The van der Waals surface area contributed by atoms with Crippen LogP contribution in [0.15, 0.2) is 96.6 Å². The van der Waals surface area contributed by atoms with Crippen LogP contribution in [0.25, 0.3) is 27.6 Å². The van der Waals surface area contributed by atoms with Gasteiger partial charge in [-0.05, 0) is 66.6 Å². The molecule has 0 spiro atoms. The Hall–Kier alpha value is -3.45. The van der Waals surface area contributed by atoms with E-state index in [2.05, 4.69) is 119 Å². The summed E-state index contributed by atoms with van der Waals surface area (Å²) in [5, 5.41) is 1.22. The second-order valence-corrected chi connectivity index (χ2v) is 7.98. The molecule has 0 unspecified atom stereocenters. The fourth-order valence-corrected chi connectivity index (χ4v) is 4.19. The van der Waals surface area contributed by atoms with Gasteiger partial charge in [-0.1, -0.05) is 97.4 Å². The predicted octanol–water partition coefficient (Wildman–Crippen LogP) is 8.17. The van der Waals surface area contributed by atoms with Gasteiger partial charge < -0.3 is 0 Å². The summed E-state index contributed by atoms with van der Waals surface area (Å²) < 4.78 is 0. The van der Waals surface area contributed by atoms with Crippen molar-refractivity contribution in [2.75, 3.05) is 0 Å². The molecule has 1 nitrogen and oxygen atoms in total. The highest BCUT2D eigenvalue weighted by atomic mass is 14.7. The maximum Gasteiger partial charge on any atom is 0.0749 e. The monoisotopic (exact) mass is 403 g/mol. The molecule has 0 aliphatic carbocycles. The van der Waals surface area contributed by atoms with E-state index < -0.39 is 0 Å². The SMILES string of the molecule is C/C=C(C)/C=C(/c1ccccc1)c1ccc2c(-c3ccccc3)cc(C)nc2c1CC. The van der Waals surface area contributed by atoms with Crippen LogP contribution in [0.5, 0.6) is 0 Å². The van der Waals surface area contributed by atoms with Crippen molar-refractivity contribution in [2.45, 2.75) is 34.1 Å². The minimum absolute atomic E-state index is 0.927. The zero-order valence-electron chi connectivity index (χ0n) is 18.8. The van der Waals surface area contributed by atoms with E-state index >= 15 is 0 Å². The minimum Gasteiger partial charge on any atom is -0.253 e. The fourth-order valence-electron chi connectivity index (χ4n) is 4.19. The smallest absolute Gasteiger partial charge is 0.0749 e. The van der Waals surface area contributed by atoms with Crippen LogP contribution in [-0.2, 0) is 6.42 Å². The van der Waals surface area contributed by atoms with E-state index in [1.807, 2.05) is 0 Å². The maximum absolute atomic E-state index is 5.03. The first-order chi connectivity index (χ1) is 15.1. The Labute approximate surface area is 185 Å². The van der Waals surface area contributed by atoms with E-state index in [0.717, 1.165) is 17.6 Å². The number of aryl methyl sites for hydroxylation is 2. The van der Waals surface area contributed by atoms with Crippen LogP contribution in [0.4, 0.5) is 0 Å². The highest BCUT2D eigenvalue weighted by Gasteiger charge is 2.16. The van der Waals surface area contributed by atoms with E-state index in [-0.39, 0.29) is 0 Å². The van der Waals surface area contributed by atoms with Gasteiger partial charge in [0.05, 0.1) is 5.52 Å². The molecule has 4 aromatic rings. The number of fused-ring (bicyclic) bond motifs is 1. The summed E-state index contributed by atoms with van der Waals surface area (Å²) in [7, 11) is 0. The van der Waals surface area contributed by atoms with Gasteiger partial charge in [0, 0.05) is 11.1 Å². The lowest BCUT2D eigenvalue weighted by atomic mass is 9.88. The average Bonchev–Trinajstić information content (AvgIpc) is 2.82. The normalized spacial score (nSPS) is 12.4. The van der Waals surface area contributed by atoms with Crippen LogP contribution in [0.3, 0.4) is 0 Å². The topological polar surface area (TPSA) is 12.9 Å². The lowest BCUT2D eigenvalue weighted by Crippen LogP contribution is -2.00. The third kappa shape index (κ3) is 4.22. The molecule has 0 aliphatic heterocycles. The summed E-state index contributed by atoms with van der Waals surface area (Å²) in [6.45, 7) is 8.57. The van der Waals surface area contributed by atoms with Crippen molar-refractivity contribution in [1.29, 1.82) is 0 Å². The number of nitrogens with zero attached hydrogens (tertiary/aromatic N) is 1. The van der Waals surface area contributed by atoms with Crippen LogP contribution in [0.2, 0.25) is 0 Å². The molecule has 0 aliphatic rings.